The summed E-state index contributed by atoms with van der Waals surface area (Å²) < 4.78 is 10.9. The smallest absolute Gasteiger partial charge is 0.229 e. The zero-order valence-corrected chi connectivity index (χ0v) is 15.7. The summed E-state index contributed by atoms with van der Waals surface area (Å²) in [4.78, 5) is 13.6. The van der Waals surface area contributed by atoms with Gasteiger partial charge in [-0.2, -0.15) is 15.1 Å². The van der Waals surface area contributed by atoms with Gasteiger partial charge in [-0.1, -0.05) is 18.2 Å². The number of para-hydroxylation sites is 1. The van der Waals surface area contributed by atoms with Crippen LogP contribution in [0, 0.1) is 0 Å². The van der Waals surface area contributed by atoms with Crippen molar-refractivity contribution in [3.63, 3.8) is 0 Å². The Morgan fingerprint density at radius 1 is 0.929 bits per heavy atom. The van der Waals surface area contributed by atoms with E-state index in [-0.39, 0.29) is 12.3 Å². The summed E-state index contributed by atoms with van der Waals surface area (Å²) in [5, 5.41) is 18.4. The average Bonchev–Trinajstić information content (AvgIpc) is 2.76. The van der Waals surface area contributed by atoms with Crippen molar-refractivity contribution >= 4 is 17.6 Å². The first-order chi connectivity index (χ1) is 13.8. The molecule has 0 aliphatic carbocycles. The third-order valence-corrected chi connectivity index (χ3v) is 4.72. The number of anilines is 2. The molecule has 2 fully saturated rings. The molecule has 9 nitrogen and oxygen atoms in total. The highest BCUT2D eigenvalue weighted by Gasteiger charge is 2.19. The van der Waals surface area contributed by atoms with Crippen LogP contribution in [0.5, 0.6) is 5.75 Å². The quantitative estimate of drug-likeness (QED) is 0.789. The van der Waals surface area contributed by atoms with E-state index in [9.17, 15) is 5.11 Å². The molecule has 4 rings (SSSR count). The number of nitrogens with zero attached hydrogens (tertiary/aromatic N) is 6. The monoisotopic (exact) mass is 384 g/mol. The second kappa shape index (κ2) is 8.94. The van der Waals surface area contributed by atoms with Crippen molar-refractivity contribution in [2.24, 2.45) is 10.2 Å². The van der Waals surface area contributed by atoms with Crippen LogP contribution in [0.25, 0.3) is 0 Å². The van der Waals surface area contributed by atoms with Gasteiger partial charge in [0.15, 0.2) is 5.82 Å². The highest BCUT2D eigenvalue weighted by molar-refractivity contribution is 5.52. The number of phenols is 1. The van der Waals surface area contributed by atoms with E-state index >= 15 is 0 Å². The molecule has 9 heteroatoms. The van der Waals surface area contributed by atoms with E-state index in [1.54, 1.807) is 12.1 Å². The molecule has 1 N–H and O–H groups in total. The molecule has 28 heavy (non-hydrogen) atoms. The molecule has 2 aliphatic heterocycles. The Hall–Kier alpha value is -2.78. The van der Waals surface area contributed by atoms with Crippen LogP contribution in [-0.4, -0.2) is 67.7 Å². The normalized spacial score (nSPS) is 18.0. The maximum atomic E-state index is 9.87. The number of phenolic OH excluding ortho intramolecular Hbond substituents is 1. The van der Waals surface area contributed by atoms with Gasteiger partial charge < -0.3 is 24.4 Å². The number of hydrogen-bond acceptors (Lipinski definition) is 9. The molecular formula is C19H24N6O3. The van der Waals surface area contributed by atoms with Crippen LogP contribution in [0.15, 0.2) is 40.6 Å². The SMILES string of the molecule is Oc1ccccc1CN=Nc1cc(N2CCOCC2)nc(N2CCOCC2)n1. The standard InChI is InChI=1S/C19H24N6O3/c26-16-4-2-1-3-15(16)14-20-23-17-13-18(24-5-9-27-10-6-24)22-19(21-17)25-7-11-28-12-8-25/h1-4,13,26H,5-12,14H2. The number of rotatable bonds is 5. The van der Waals surface area contributed by atoms with E-state index in [4.69, 9.17) is 14.5 Å². The average molecular weight is 384 g/mol. The van der Waals surface area contributed by atoms with Crippen LogP contribution < -0.4 is 9.80 Å². The molecule has 0 amide bonds. The molecule has 0 saturated carbocycles. The van der Waals surface area contributed by atoms with Crippen molar-refractivity contribution in [3.05, 3.63) is 35.9 Å². The summed E-state index contributed by atoms with van der Waals surface area (Å²) in [6.45, 7) is 6.05. The van der Waals surface area contributed by atoms with Crippen molar-refractivity contribution in [2.75, 3.05) is 62.4 Å². The number of hydrogen-bond donors (Lipinski definition) is 1. The Kier molecular flexibility index (Phi) is 5.93. The lowest BCUT2D eigenvalue weighted by Gasteiger charge is -2.30. The van der Waals surface area contributed by atoms with Crippen LogP contribution in [0.1, 0.15) is 5.56 Å². The third kappa shape index (κ3) is 4.55. The molecule has 148 valence electrons. The molecule has 1 aromatic heterocycles. The zero-order chi connectivity index (χ0) is 19.2. The van der Waals surface area contributed by atoms with Gasteiger partial charge in [0.1, 0.15) is 11.6 Å². The predicted octanol–water partition coefficient (Wildman–Crippen LogP) is 2.14. The van der Waals surface area contributed by atoms with Gasteiger partial charge in [-0.25, -0.2) is 0 Å². The molecule has 3 heterocycles. The minimum atomic E-state index is 0.215. The Balaban J connectivity index is 1.57. The molecule has 2 aromatic rings. The predicted molar refractivity (Wildman–Crippen MR) is 104 cm³/mol. The second-order valence-corrected chi connectivity index (χ2v) is 6.61. The number of aromatic hydroxyl groups is 1. The molecular weight excluding hydrogens is 360 g/mol. The van der Waals surface area contributed by atoms with Gasteiger partial charge in [0.25, 0.3) is 0 Å². The van der Waals surface area contributed by atoms with Gasteiger partial charge >= 0.3 is 0 Å². The Labute approximate surface area is 163 Å². The van der Waals surface area contributed by atoms with Crippen LogP contribution in [0.2, 0.25) is 0 Å². The zero-order valence-electron chi connectivity index (χ0n) is 15.7. The number of azo groups is 1. The summed E-state index contributed by atoms with van der Waals surface area (Å²) >= 11 is 0. The molecule has 2 saturated heterocycles. The van der Waals surface area contributed by atoms with Crippen molar-refractivity contribution in [1.82, 2.24) is 9.97 Å². The minimum Gasteiger partial charge on any atom is -0.508 e. The van der Waals surface area contributed by atoms with Crippen molar-refractivity contribution in [3.8, 4) is 5.75 Å². The minimum absolute atomic E-state index is 0.215. The fraction of sp³-hybridized carbons (Fsp3) is 0.474. The molecule has 0 spiro atoms. The second-order valence-electron chi connectivity index (χ2n) is 6.61. The largest absolute Gasteiger partial charge is 0.508 e. The van der Waals surface area contributed by atoms with E-state index in [0.29, 0.717) is 38.2 Å². The van der Waals surface area contributed by atoms with Gasteiger partial charge in [-0.3, -0.25) is 0 Å². The molecule has 0 radical (unpaired) electrons. The lowest BCUT2D eigenvalue weighted by atomic mass is 10.2. The number of aromatic nitrogens is 2. The molecule has 0 bridgehead atoms. The Bertz CT molecular complexity index is 783. The molecule has 0 atom stereocenters. The summed E-state index contributed by atoms with van der Waals surface area (Å²) in [6, 6.07) is 8.96. The van der Waals surface area contributed by atoms with Crippen LogP contribution in [0.3, 0.4) is 0 Å². The first-order valence-corrected chi connectivity index (χ1v) is 9.48. The molecule has 0 unspecified atom stereocenters. The van der Waals surface area contributed by atoms with E-state index in [2.05, 4.69) is 25.0 Å². The first-order valence-electron chi connectivity index (χ1n) is 9.48. The highest BCUT2D eigenvalue weighted by Crippen LogP contribution is 2.24. The fourth-order valence-electron chi connectivity index (χ4n) is 3.15. The van der Waals surface area contributed by atoms with Crippen LogP contribution in [0.4, 0.5) is 17.6 Å². The summed E-state index contributed by atoms with van der Waals surface area (Å²) in [7, 11) is 0. The number of ether oxygens (including phenoxy) is 2. The van der Waals surface area contributed by atoms with Crippen molar-refractivity contribution < 1.29 is 14.6 Å². The number of benzene rings is 1. The first kappa shape index (κ1) is 18.6. The van der Waals surface area contributed by atoms with E-state index in [1.165, 1.54) is 0 Å². The van der Waals surface area contributed by atoms with Crippen LogP contribution in [-0.2, 0) is 16.0 Å². The maximum absolute atomic E-state index is 9.87. The summed E-state index contributed by atoms with van der Waals surface area (Å²) in [5.74, 6) is 2.20. The molecule has 2 aliphatic rings. The van der Waals surface area contributed by atoms with Gasteiger partial charge in [-0.15, -0.1) is 5.11 Å². The molecule has 1 aromatic carbocycles. The Morgan fingerprint density at radius 3 is 2.32 bits per heavy atom. The van der Waals surface area contributed by atoms with E-state index in [0.717, 1.165) is 37.6 Å². The van der Waals surface area contributed by atoms with Gasteiger partial charge in [0.05, 0.1) is 33.0 Å². The van der Waals surface area contributed by atoms with E-state index < -0.39 is 0 Å². The number of morpholine rings is 2. The van der Waals surface area contributed by atoms with Gasteiger partial charge in [-0.05, 0) is 6.07 Å². The maximum Gasteiger partial charge on any atom is 0.229 e. The van der Waals surface area contributed by atoms with E-state index in [1.807, 2.05) is 18.2 Å². The summed E-state index contributed by atoms with van der Waals surface area (Å²) in [6.07, 6.45) is 0. The van der Waals surface area contributed by atoms with Crippen LogP contribution >= 0.6 is 0 Å². The lowest BCUT2D eigenvalue weighted by molar-refractivity contribution is 0.121. The van der Waals surface area contributed by atoms with Gasteiger partial charge in [0.2, 0.25) is 5.95 Å². The van der Waals surface area contributed by atoms with Gasteiger partial charge in [0, 0.05) is 37.8 Å². The summed E-state index contributed by atoms with van der Waals surface area (Å²) in [5.41, 5.74) is 0.724. The highest BCUT2D eigenvalue weighted by atomic mass is 16.5. The van der Waals surface area contributed by atoms with Crippen molar-refractivity contribution in [2.45, 2.75) is 6.54 Å². The lowest BCUT2D eigenvalue weighted by Crippen LogP contribution is -2.39. The van der Waals surface area contributed by atoms with Crippen molar-refractivity contribution in [1.29, 1.82) is 0 Å². The topological polar surface area (TPSA) is 95.7 Å². The Morgan fingerprint density at radius 2 is 1.61 bits per heavy atom. The third-order valence-electron chi connectivity index (χ3n) is 4.72. The fourth-order valence-corrected chi connectivity index (χ4v) is 3.15.